The minimum atomic E-state index is -3.36. The molecular weight excluding hydrogens is 419 g/mol. The molecule has 8 heteroatoms. The van der Waals surface area contributed by atoms with Gasteiger partial charge in [-0.05, 0) is 49.1 Å². The van der Waals surface area contributed by atoms with Crippen LogP contribution in [0.5, 0.6) is 0 Å². The van der Waals surface area contributed by atoms with Gasteiger partial charge in [0.2, 0.25) is 11.8 Å². The van der Waals surface area contributed by atoms with Gasteiger partial charge in [0.1, 0.15) is 5.82 Å². The van der Waals surface area contributed by atoms with Crippen LogP contribution in [0.2, 0.25) is 0 Å². The normalized spacial score (nSPS) is 16.7. The lowest BCUT2D eigenvalue weighted by atomic mass is 9.96. The van der Waals surface area contributed by atoms with E-state index in [0.29, 0.717) is 25.9 Å². The molecule has 0 saturated carbocycles. The first-order valence-electron chi connectivity index (χ1n) is 10.4. The number of halogens is 1. The molecule has 3 rings (SSSR count). The van der Waals surface area contributed by atoms with Crippen molar-refractivity contribution in [3.63, 3.8) is 0 Å². The maximum Gasteiger partial charge on any atom is 0.227 e. The summed E-state index contributed by atoms with van der Waals surface area (Å²) in [6.07, 6.45) is 1.92. The molecule has 166 valence electrons. The summed E-state index contributed by atoms with van der Waals surface area (Å²) in [6, 6.07) is 14.1. The fraction of sp³-hybridized carbons (Fsp3) is 0.391. The van der Waals surface area contributed by atoms with E-state index in [-0.39, 0.29) is 47.2 Å². The maximum atomic E-state index is 13.0. The van der Waals surface area contributed by atoms with Crippen molar-refractivity contribution in [2.75, 3.05) is 25.4 Å². The number of nitrogens with zero attached hydrogens (tertiary/aromatic N) is 1. The van der Waals surface area contributed by atoms with E-state index in [0.717, 1.165) is 12.0 Å². The van der Waals surface area contributed by atoms with Crippen LogP contribution in [0.15, 0.2) is 59.5 Å². The van der Waals surface area contributed by atoms with Crippen LogP contribution in [-0.4, -0.2) is 50.5 Å². The molecular formula is C23H27FN2O4S. The van der Waals surface area contributed by atoms with Crippen molar-refractivity contribution in [2.45, 2.75) is 30.6 Å². The standard InChI is InChI=1S/C23H27FN2O4S/c24-20-11-9-18(10-12-20)16-22(27)26-14-4-6-19(17-26)23(28)25-13-5-15-31(29,30)21-7-2-1-3-8-21/h1-3,7-12,19H,4-6,13-17H2,(H,25,28). The first-order valence-corrected chi connectivity index (χ1v) is 12.1. The zero-order valence-corrected chi connectivity index (χ0v) is 18.1. The number of piperidine rings is 1. The summed E-state index contributed by atoms with van der Waals surface area (Å²) < 4.78 is 37.6. The average molecular weight is 447 g/mol. The van der Waals surface area contributed by atoms with Gasteiger partial charge in [-0.3, -0.25) is 9.59 Å². The fourth-order valence-electron chi connectivity index (χ4n) is 3.67. The molecule has 6 nitrogen and oxygen atoms in total. The molecule has 1 atom stereocenters. The van der Waals surface area contributed by atoms with Crippen LogP contribution in [-0.2, 0) is 25.8 Å². The molecule has 0 aromatic heterocycles. The molecule has 31 heavy (non-hydrogen) atoms. The van der Waals surface area contributed by atoms with Gasteiger partial charge in [-0.15, -0.1) is 0 Å². The molecule has 1 unspecified atom stereocenters. The number of carbonyl (C=O) groups is 2. The Hall–Kier alpha value is -2.74. The number of sulfone groups is 1. The first kappa shape index (κ1) is 22.9. The Labute approximate surface area is 182 Å². The molecule has 0 spiro atoms. The van der Waals surface area contributed by atoms with Crippen molar-refractivity contribution in [3.05, 3.63) is 66.0 Å². The lowest BCUT2D eigenvalue weighted by molar-refractivity contribution is -0.135. The predicted molar refractivity (Wildman–Crippen MR) is 116 cm³/mol. The van der Waals surface area contributed by atoms with Gasteiger partial charge in [0.15, 0.2) is 9.84 Å². The van der Waals surface area contributed by atoms with Crippen LogP contribution in [0, 0.1) is 11.7 Å². The number of benzene rings is 2. The van der Waals surface area contributed by atoms with E-state index in [1.807, 2.05) is 0 Å². The number of nitrogens with one attached hydrogen (secondary N) is 1. The Morgan fingerprint density at radius 1 is 1.06 bits per heavy atom. The number of amides is 2. The van der Waals surface area contributed by atoms with Crippen LogP contribution in [0.3, 0.4) is 0 Å². The Bertz CT molecular complexity index is 994. The highest BCUT2D eigenvalue weighted by atomic mass is 32.2. The number of likely N-dealkylation sites (tertiary alicyclic amines) is 1. The smallest absolute Gasteiger partial charge is 0.227 e. The Kier molecular flexibility index (Phi) is 7.79. The van der Waals surface area contributed by atoms with Crippen molar-refractivity contribution in [2.24, 2.45) is 5.92 Å². The molecule has 2 aromatic carbocycles. The molecule has 2 amide bonds. The maximum absolute atomic E-state index is 13.0. The van der Waals surface area contributed by atoms with E-state index in [9.17, 15) is 22.4 Å². The zero-order chi connectivity index (χ0) is 22.3. The molecule has 1 N–H and O–H groups in total. The van der Waals surface area contributed by atoms with Crippen LogP contribution in [0.1, 0.15) is 24.8 Å². The largest absolute Gasteiger partial charge is 0.356 e. The summed E-state index contributed by atoms with van der Waals surface area (Å²) in [7, 11) is -3.36. The number of rotatable bonds is 8. The summed E-state index contributed by atoms with van der Waals surface area (Å²) in [4.78, 5) is 27.0. The van der Waals surface area contributed by atoms with Crippen molar-refractivity contribution < 1.29 is 22.4 Å². The summed E-state index contributed by atoms with van der Waals surface area (Å²) >= 11 is 0. The van der Waals surface area contributed by atoms with Crippen molar-refractivity contribution in [1.29, 1.82) is 0 Å². The Balaban J connectivity index is 1.44. The topological polar surface area (TPSA) is 83.6 Å². The van der Waals surface area contributed by atoms with Gasteiger partial charge in [-0.2, -0.15) is 0 Å². The van der Waals surface area contributed by atoms with Gasteiger partial charge in [0.25, 0.3) is 0 Å². The third-order valence-corrected chi connectivity index (χ3v) is 7.22. The second-order valence-electron chi connectivity index (χ2n) is 7.76. The second-order valence-corrected chi connectivity index (χ2v) is 9.87. The quantitative estimate of drug-likeness (QED) is 0.632. The molecule has 1 aliphatic rings. The van der Waals surface area contributed by atoms with Gasteiger partial charge < -0.3 is 10.2 Å². The van der Waals surface area contributed by atoms with Crippen LogP contribution >= 0.6 is 0 Å². The summed E-state index contributed by atoms with van der Waals surface area (Å²) in [5, 5.41) is 2.81. The number of carbonyl (C=O) groups excluding carboxylic acids is 2. The van der Waals surface area contributed by atoms with Gasteiger partial charge in [-0.1, -0.05) is 30.3 Å². The minimum absolute atomic E-state index is 0.0375. The van der Waals surface area contributed by atoms with E-state index in [2.05, 4.69) is 5.32 Å². The Morgan fingerprint density at radius 3 is 2.48 bits per heavy atom. The molecule has 2 aromatic rings. The van der Waals surface area contributed by atoms with E-state index < -0.39 is 9.84 Å². The minimum Gasteiger partial charge on any atom is -0.356 e. The van der Waals surface area contributed by atoms with Crippen molar-refractivity contribution in [1.82, 2.24) is 10.2 Å². The summed E-state index contributed by atoms with van der Waals surface area (Å²) in [6.45, 7) is 1.21. The SMILES string of the molecule is O=C(NCCCS(=O)(=O)c1ccccc1)C1CCCN(C(=O)Cc2ccc(F)cc2)C1. The second kappa shape index (κ2) is 10.5. The van der Waals surface area contributed by atoms with Gasteiger partial charge >= 0.3 is 0 Å². The first-order chi connectivity index (χ1) is 14.8. The van der Waals surface area contributed by atoms with E-state index in [1.54, 1.807) is 47.4 Å². The van der Waals surface area contributed by atoms with E-state index in [1.165, 1.54) is 12.1 Å². The van der Waals surface area contributed by atoms with Gasteiger partial charge in [0.05, 0.1) is 23.0 Å². The van der Waals surface area contributed by atoms with Crippen LogP contribution in [0.4, 0.5) is 4.39 Å². The predicted octanol–water partition coefficient (Wildman–Crippen LogP) is 2.59. The number of hydrogen-bond acceptors (Lipinski definition) is 4. The highest BCUT2D eigenvalue weighted by molar-refractivity contribution is 7.91. The molecule has 1 heterocycles. The molecule has 0 radical (unpaired) electrons. The third kappa shape index (κ3) is 6.62. The van der Waals surface area contributed by atoms with Crippen molar-refractivity contribution in [3.8, 4) is 0 Å². The highest BCUT2D eigenvalue weighted by Gasteiger charge is 2.28. The zero-order valence-electron chi connectivity index (χ0n) is 17.3. The highest BCUT2D eigenvalue weighted by Crippen LogP contribution is 2.18. The average Bonchev–Trinajstić information content (AvgIpc) is 2.79. The lowest BCUT2D eigenvalue weighted by Gasteiger charge is -2.32. The Morgan fingerprint density at radius 2 is 1.77 bits per heavy atom. The molecule has 0 bridgehead atoms. The van der Waals surface area contributed by atoms with E-state index in [4.69, 9.17) is 0 Å². The monoisotopic (exact) mass is 446 g/mol. The third-order valence-electron chi connectivity index (χ3n) is 5.40. The fourth-order valence-corrected chi connectivity index (χ4v) is 5.00. The number of hydrogen-bond donors (Lipinski definition) is 1. The molecule has 0 aliphatic carbocycles. The van der Waals surface area contributed by atoms with Gasteiger partial charge in [-0.25, -0.2) is 12.8 Å². The molecule has 1 fully saturated rings. The van der Waals surface area contributed by atoms with Crippen molar-refractivity contribution >= 4 is 21.7 Å². The van der Waals surface area contributed by atoms with E-state index >= 15 is 0 Å². The summed E-state index contributed by atoms with van der Waals surface area (Å²) in [5.41, 5.74) is 0.734. The van der Waals surface area contributed by atoms with Gasteiger partial charge in [0, 0.05) is 19.6 Å². The molecule has 1 saturated heterocycles. The van der Waals surface area contributed by atoms with Crippen LogP contribution < -0.4 is 5.32 Å². The molecule has 1 aliphatic heterocycles. The lowest BCUT2D eigenvalue weighted by Crippen LogP contribution is -2.46. The summed E-state index contributed by atoms with van der Waals surface area (Å²) in [5.74, 6) is -0.932. The van der Waals surface area contributed by atoms with Crippen LogP contribution in [0.25, 0.3) is 0 Å².